The van der Waals surface area contributed by atoms with Gasteiger partial charge in [0.25, 0.3) is 11.8 Å². The molecule has 2 aliphatic rings. The summed E-state index contributed by atoms with van der Waals surface area (Å²) < 4.78 is 0. The van der Waals surface area contributed by atoms with Crippen molar-refractivity contribution >= 4 is 17.6 Å². The Morgan fingerprint density at radius 2 is 2.06 bits per heavy atom. The number of nitrogens with two attached hydrogens (primary N) is 1. The van der Waals surface area contributed by atoms with Crippen molar-refractivity contribution in [1.29, 1.82) is 0 Å². The summed E-state index contributed by atoms with van der Waals surface area (Å²) in [7, 11) is 0. The SMILES string of the molecule is Cc1cc2c(nc1N)C(=O)N(C(C)C1CC1)C2=O. The highest BCUT2D eigenvalue weighted by molar-refractivity contribution is 6.20. The van der Waals surface area contributed by atoms with Gasteiger partial charge in [-0.2, -0.15) is 0 Å². The zero-order chi connectivity index (χ0) is 13.0. The van der Waals surface area contributed by atoms with Gasteiger partial charge in [0, 0.05) is 6.04 Å². The number of carbonyl (C=O) groups is 2. The molecule has 0 bridgehead atoms. The first-order valence-corrected chi connectivity index (χ1v) is 6.15. The summed E-state index contributed by atoms with van der Waals surface area (Å²) in [4.78, 5) is 29.9. The number of amides is 2. The molecule has 2 heterocycles. The standard InChI is InChI=1S/C13H15N3O2/c1-6-5-9-10(15-11(6)14)13(18)16(12(9)17)7(2)8-3-4-8/h5,7-8H,3-4H2,1-2H3,(H2,14,15). The number of aryl methyl sites for hydroxylation is 1. The van der Waals surface area contributed by atoms with E-state index in [9.17, 15) is 9.59 Å². The van der Waals surface area contributed by atoms with E-state index in [1.807, 2.05) is 6.92 Å². The number of hydrogen-bond donors (Lipinski definition) is 1. The number of fused-ring (bicyclic) bond motifs is 1. The Hall–Kier alpha value is -1.91. The van der Waals surface area contributed by atoms with E-state index in [4.69, 9.17) is 5.73 Å². The first-order chi connectivity index (χ1) is 8.50. The van der Waals surface area contributed by atoms with Gasteiger partial charge in [-0.1, -0.05) is 0 Å². The number of hydrogen-bond acceptors (Lipinski definition) is 4. The summed E-state index contributed by atoms with van der Waals surface area (Å²) >= 11 is 0. The van der Waals surface area contributed by atoms with Gasteiger partial charge in [0.1, 0.15) is 11.5 Å². The van der Waals surface area contributed by atoms with Crippen molar-refractivity contribution < 1.29 is 9.59 Å². The molecule has 1 unspecified atom stereocenters. The van der Waals surface area contributed by atoms with E-state index in [2.05, 4.69) is 4.98 Å². The monoisotopic (exact) mass is 245 g/mol. The van der Waals surface area contributed by atoms with E-state index in [0.717, 1.165) is 18.4 Å². The van der Waals surface area contributed by atoms with Crippen LogP contribution in [0.5, 0.6) is 0 Å². The highest BCUT2D eigenvalue weighted by Crippen LogP contribution is 2.38. The van der Waals surface area contributed by atoms with Crippen LogP contribution in [0.1, 0.15) is 46.2 Å². The summed E-state index contributed by atoms with van der Waals surface area (Å²) in [6, 6.07) is 1.62. The molecule has 1 fully saturated rings. The topological polar surface area (TPSA) is 76.3 Å². The molecule has 0 saturated heterocycles. The Bertz CT molecular complexity index is 523. The van der Waals surface area contributed by atoms with Crippen LogP contribution in [0.3, 0.4) is 0 Å². The smallest absolute Gasteiger partial charge is 0.280 e. The minimum atomic E-state index is -0.305. The molecule has 2 amide bonds. The molecule has 1 saturated carbocycles. The third-order valence-electron chi connectivity index (χ3n) is 3.83. The highest BCUT2D eigenvalue weighted by Gasteiger charge is 2.44. The zero-order valence-corrected chi connectivity index (χ0v) is 10.4. The maximum absolute atomic E-state index is 12.3. The van der Waals surface area contributed by atoms with Crippen LogP contribution in [-0.2, 0) is 0 Å². The van der Waals surface area contributed by atoms with E-state index in [1.54, 1.807) is 13.0 Å². The van der Waals surface area contributed by atoms with E-state index in [1.165, 1.54) is 4.90 Å². The quantitative estimate of drug-likeness (QED) is 0.798. The predicted octanol–water partition coefficient (Wildman–Crippen LogP) is 1.37. The molecule has 1 aliphatic heterocycles. The molecule has 1 aromatic rings. The lowest BCUT2D eigenvalue weighted by Crippen LogP contribution is -2.39. The van der Waals surface area contributed by atoms with Crippen molar-refractivity contribution in [3.8, 4) is 0 Å². The van der Waals surface area contributed by atoms with Crippen LogP contribution in [0, 0.1) is 12.8 Å². The van der Waals surface area contributed by atoms with Crippen LogP contribution >= 0.6 is 0 Å². The molecule has 2 N–H and O–H groups in total. The molecule has 1 aromatic heterocycles. The molecule has 3 rings (SSSR count). The second-order valence-electron chi connectivity index (χ2n) is 5.15. The van der Waals surface area contributed by atoms with Gasteiger partial charge in [0.2, 0.25) is 0 Å². The Morgan fingerprint density at radius 3 is 2.67 bits per heavy atom. The fourth-order valence-corrected chi connectivity index (χ4v) is 2.45. The van der Waals surface area contributed by atoms with Gasteiger partial charge in [-0.05, 0) is 44.2 Å². The van der Waals surface area contributed by atoms with Gasteiger partial charge in [0.05, 0.1) is 5.56 Å². The predicted molar refractivity (Wildman–Crippen MR) is 66.1 cm³/mol. The van der Waals surface area contributed by atoms with Crippen LogP contribution in [0.2, 0.25) is 0 Å². The number of rotatable bonds is 2. The lowest BCUT2D eigenvalue weighted by atomic mass is 10.1. The number of anilines is 1. The number of nitrogen functional groups attached to an aromatic ring is 1. The van der Waals surface area contributed by atoms with Crippen LogP contribution in [0.25, 0.3) is 0 Å². The van der Waals surface area contributed by atoms with Crippen molar-refractivity contribution in [1.82, 2.24) is 9.88 Å². The molecule has 18 heavy (non-hydrogen) atoms. The molecular formula is C13H15N3O2. The van der Waals surface area contributed by atoms with Crippen molar-refractivity contribution in [2.45, 2.75) is 32.7 Å². The number of aromatic nitrogens is 1. The van der Waals surface area contributed by atoms with Gasteiger partial charge >= 0.3 is 0 Å². The Balaban J connectivity index is 2.04. The van der Waals surface area contributed by atoms with Crippen LogP contribution in [0.15, 0.2) is 6.07 Å². The molecule has 94 valence electrons. The summed E-state index contributed by atoms with van der Waals surface area (Å²) in [6.45, 7) is 3.71. The normalized spacial score (nSPS) is 20.2. The molecule has 5 nitrogen and oxygen atoms in total. The minimum Gasteiger partial charge on any atom is -0.383 e. The third-order valence-corrected chi connectivity index (χ3v) is 3.83. The van der Waals surface area contributed by atoms with E-state index in [-0.39, 0.29) is 23.6 Å². The van der Waals surface area contributed by atoms with Gasteiger partial charge in [-0.25, -0.2) is 4.98 Å². The van der Waals surface area contributed by atoms with E-state index < -0.39 is 0 Å². The number of pyridine rings is 1. The lowest BCUT2D eigenvalue weighted by Gasteiger charge is -2.21. The lowest BCUT2D eigenvalue weighted by molar-refractivity contribution is 0.0577. The largest absolute Gasteiger partial charge is 0.383 e. The first-order valence-electron chi connectivity index (χ1n) is 6.15. The van der Waals surface area contributed by atoms with Crippen molar-refractivity contribution in [2.75, 3.05) is 5.73 Å². The Kier molecular flexibility index (Phi) is 2.20. The molecule has 0 radical (unpaired) electrons. The van der Waals surface area contributed by atoms with E-state index in [0.29, 0.717) is 17.3 Å². The van der Waals surface area contributed by atoms with Crippen LogP contribution in [-0.4, -0.2) is 27.7 Å². The molecular weight excluding hydrogens is 230 g/mol. The Morgan fingerprint density at radius 1 is 1.39 bits per heavy atom. The van der Waals surface area contributed by atoms with Gasteiger partial charge in [0.15, 0.2) is 0 Å². The van der Waals surface area contributed by atoms with Gasteiger partial charge < -0.3 is 5.73 Å². The Labute approximate surface area is 105 Å². The van der Waals surface area contributed by atoms with Gasteiger partial charge in [-0.15, -0.1) is 0 Å². The minimum absolute atomic E-state index is 0.0410. The second-order valence-corrected chi connectivity index (χ2v) is 5.15. The second kappa shape index (κ2) is 3.54. The number of carbonyl (C=O) groups excluding carboxylic acids is 2. The first kappa shape index (κ1) is 11.2. The average molecular weight is 245 g/mol. The van der Waals surface area contributed by atoms with Crippen LogP contribution < -0.4 is 5.73 Å². The number of imide groups is 1. The summed E-state index contributed by atoms with van der Waals surface area (Å²) in [5.41, 5.74) is 7.03. The fraction of sp³-hybridized carbons (Fsp3) is 0.462. The van der Waals surface area contributed by atoms with Crippen molar-refractivity contribution in [2.24, 2.45) is 5.92 Å². The molecule has 0 aromatic carbocycles. The van der Waals surface area contributed by atoms with Crippen molar-refractivity contribution in [3.05, 3.63) is 22.9 Å². The third kappa shape index (κ3) is 1.43. The maximum Gasteiger partial charge on any atom is 0.280 e. The summed E-state index contributed by atoms with van der Waals surface area (Å²) in [6.07, 6.45) is 2.17. The van der Waals surface area contributed by atoms with Gasteiger partial charge in [-0.3, -0.25) is 14.5 Å². The number of nitrogens with zero attached hydrogens (tertiary/aromatic N) is 2. The molecule has 0 spiro atoms. The fourth-order valence-electron chi connectivity index (χ4n) is 2.45. The molecule has 1 atom stereocenters. The van der Waals surface area contributed by atoms with Crippen LogP contribution in [0.4, 0.5) is 5.82 Å². The average Bonchev–Trinajstić information content (AvgIpc) is 3.12. The highest BCUT2D eigenvalue weighted by atomic mass is 16.2. The summed E-state index contributed by atoms with van der Waals surface area (Å²) in [5, 5.41) is 0. The zero-order valence-electron chi connectivity index (χ0n) is 10.4. The van der Waals surface area contributed by atoms with Crippen molar-refractivity contribution in [3.63, 3.8) is 0 Å². The van der Waals surface area contributed by atoms with E-state index >= 15 is 0 Å². The maximum atomic E-state index is 12.3. The molecule has 5 heteroatoms. The summed E-state index contributed by atoms with van der Waals surface area (Å²) in [5.74, 6) is 0.229. The molecule has 1 aliphatic carbocycles.